The van der Waals surface area contributed by atoms with Crippen LogP contribution in [0, 0.1) is 0 Å². The van der Waals surface area contributed by atoms with Gasteiger partial charge < -0.3 is 0 Å². The van der Waals surface area contributed by atoms with Crippen molar-refractivity contribution in [3.63, 3.8) is 0 Å². The molecule has 0 unspecified atom stereocenters. The maximum atomic E-state index is 6.31. The summed E-state index contributed by atoms with van der Waals surface area (Å²) < 4.78 is 2.20. The summed E-state index contributed by atoms with van der Waals surface area (Å²) in [6, 6.07) is 18.2. The van der Waals surface area contributed by atoms with Crippen LogP contribution in [0.25, 0.3) is 16.3 Å². The lowest BCUT2D eigenvalue weighted by Gasteiger charge is -2.09. The van der Waals surface area contributed by atoms with Gasteiger partial charge in [-0.3, -0.25) is 4.57 Å². The van der Waals surface area contributed by atoms with E-state index in [9.17, 15) is 0 Å². The van der Waals surface area contributed by atoms with Gasteiger partial charge in [0.2, 0.25) is 0 Å². The summed E-state index contributed by atoms with van der Waals surface area (Å²) in [6.45, 7) is 0. The van der Waals surface area contributed by atoms with Crippen molar-refractivity contribution in [2.45, 2.75) is 29.7 Å². The standard InChI is InChI=1S/C21H17ClN4S2/c22-18-9-5-4-8-17(18)20-23-15(12-27-20)13-28-21-25-24-19(14-10-11-14)26(21)16-6-2-1-3-7-16/h1-9,12,14H,10-11,13H2. The van der Waals surface area contributed by atoms with Gasteiger partial charge in [-0.15, -0.1) is 21.5 Å². The van der Waals surface area contributed by atoms with E-state index in [4.69, 9.17) is 16.6 Å². The molecular weight excluding hydrogens is 408 g/mol. The third-order valence-electron chi connectivity index (χ3n) is 4.62. The Balaban J connectivity index is 1.39. The van der Waals surface area contributed by atoms with Crippen LogP contribution in [0.3, 0.4) is 0 Å². The monoisotopic (exact) mass is 424 g/mol. The highest BCUT2D eigenvalue weighted by Gasteiger charge is 2.31. The Hall–Kier alpha value is -2.15. The first-order valence-electron chi connectivity index (χ1n) is 9.12. The van der Waals surface area contributed by atoms with E-state index in [1.165, 1.54) is 12.8 Å². The number of para-hydroxylation sites is 1. The summed E-state index contributed by atoms with van der Waals surface area (Å²) in [5.41, 5.74) is 3.13. The Kier molecular flexibility index (Phi) is 4.93. The number of hydrogen-bond acceptors (Lipinski definition) is 5. The normalized spacial score (nSPS) is 13.8. The smallest absolute Gasteiger partial charge is 0.196 e. The maximum absolute atomic E-state index is 6.31. The third-order valence-corrected chi connectivity index (χ3v) is 6.84. The quantitative estimate of drug-likeness (QED) is 0.345. The van der Waals surface area contributed by atoms with Crippen molar-refractivity contribution in [3.05, 3.63) is 76.5 Å². The lowest BCUT2D eigenvalue weighted by molar-refractivity contribution is 0.829. The van der Waals surface area contributed by atoms with E-state index in [0.717, 1.165) is 43.7 Å². The highest BCUT2D eigenvalue weighted by atomic mass is 35.5. The van der Waals surface area contributed by atoms with Crippen LogP contribution in [-0.2, 0) is 5.75 Å². The van der Waals surface area contributed by atoms with Gasteiger partial charge in [-0.05, 0) is 31.0 Å². The fourth-order valence-electron chi connectivity index (χ4n) is 3.07. The van der Waals surface area contributed by atoms with E-state index in [2.05, 4.69) is 44.4 Å². The molecule has 4 aromatic rings. The first kappa shape index (κ1) is 17.9. The van der Waals surface area contributed by atoms with Crippen LogP contribution in [0.2, 0.25) is 5.02 Å². The number of aromatic nitrogens is 4. The molecule has 7 heteroatoms. The summed E-state index contributed by atoms with van der Waals surface area (Å²) >= 11 is 9.60. The fraction of sp³-hybridized carbons (Fsp3) is 0.190. The van der Waals surface area contributed by atoms with Crippen molar-refractivity contribution in [1.29, 1.82) is 0 Å². The molecule has 140 valence electrons. The highest BCUT2D eigenvalue weighted by Crippen LogP contribution is 2.41. The molecular formula is C21H17ClN4S2. The molecule has 2 aromatic heterocycles. The lowest BCUT2D eigenvalue weighted by Crippen LogP contribution is -2.01. The number of hydrogen-bond donors (Lipinski definition) is 0. The van der Waals surface area contributed by atoms with Gasteiger partial charge in [0.1, 0.15) is 10.8 Å². The summed E-state index contributed by atoms with van der Waals surface area (Å²) in [5, 5.41) is 13.7. The summed E-state index contributed by atoms with van der Waals surface area (Å²) in [6.07, 6.45) is 2.39. The molecule has 5 rings (SSSR count). The maximum Gasteiger partial charge on any atom is 0.196 e. The van der Waals surface area contributed by atoms with Crippen LogP contribution in [0.4, 0.5) is 0 Å². The third kappa shape index (κ3) is 3.60. The number of thiazole rings is 1. The van der Waals surface area contributed by atoms with Crippen molar-refractivity contribution >= 4 is 34.7 Å². The minimum atomic E-state index is 0.535. The van der Waals surface area contributed by atoms with Crippen molar-refractivity contribution < 1.29 is 0 Å². The van der Waals surface area contributed by atoms with Crippen LogP contribution in [0.15, 0.2) is 65.1 Å². The van der Waals surface area contributed by atoms with Crippen molar-refractivity contribution in [3.8, 4) is 16.3 Å². The number of rotatable bonds is 6. The van der Waals surface area contributed by atoms with Crippen LogP contribution in [0.5, 0.6) is 0 Å². The molecule has 2 heterocycles. The molecule has 0 radical (unpaired) electrons. The van der Waals surface area contributed by atoms with Gasteiger partial charge in [-0.25, -0.2) is 4.98 Å². The zero-order valence-corrected chi connectivity index (χ0v) is 17.3. The predicted molar refractivity (Wildman–Crippen MR) is 115 cm³/mol. The van der Waals surface area contributed by atoms with Gasteiger partial charge >= 0.3 is 0 Å². The first-order valence-corrected chi connectivity index (χ1v) is 11.4. The van der Waals surface area contributed by atoms with Crippen LogP contribution in [-0.4, -0.2) is 19.7 Å². The second-order valence-corrected chi connectivity index (χ2v) is 8.91. The van der Waals surface area contributed by atoms with Gasteiger partial charge in [0.15, 0.2) is 5.16 Å². The largest absolute Gasteiger partial charge is 0.274 e. The molecule has 4 nitrogen and oxygen atoms in total. The second-order valence-electron chi connectivity index (χ2n) is 6.70. The number of halogens is 1. The van der Waals surface area contributed by atoms with Gasteiger partial charge in [-0.1, -0.05) is 59.8 Å². The Bertz CT molecular complexity index is 1100. The average molecular weight is 425 g/mol. The number of nitrogens with zero attached hydrogens (tertiary/aromatic N) is 4. The lowest BCUT2D eigenvalue weighted by atomic mass is 10.2. The number of thioether (sulfide) groups is 1. The van der Waals surface area contributed by atoms with Gasteiger partial charge in [0, 0.05) is 28.3 Å². The molecule has 0 atom stereocenters. The molecule has 1 aliphatic rings. The Morgan fingerprint density at radius 1 is 1.04 bits per heavy atom. The Labute approximate surface area is 176 Å². The molecule has 0 aliphatic heterocycles. The topological polar surface area (TPSA) is 43.6 Å². The molecule has 0 spiro atoms. The van der Waals surface area contributed by atoms with Crippen molar-refractivity contribution in [2.24, 2.45) is 0 Å². The van der Waals surface area contributed by atoms with Crippen LogP contribution in [0.1, 0.15) is 30.3 Å². The van der Waals surface area contributed by atoms with E-state index in [-0.39, 0.29) is 0 Å². The zero-order valence-electron chi connectivity index (χ0n) is 15.0. The van der Waals surface area contributed by atoms with E-state index in [1.807, 2.05) is 30.3 Å². The van der Waals surface area contributed by atoms with Gasteiger partial charge in [0.05, 0.1) is 10.7 Å². The Morgan fingerprint density at radius 3 is 2.61 bits per heavy atom. The van der Waals surface area contributed by atoms with Crippen molar-refractivity contribution in [1.82, 2.24) is 19.7 Å². The molecule has 1 saturated carbocycles. The second kappa shape index (κ2) is 7.70. The van der Waals surface area contributed by atoms with E-state index in [1.54, 1.807) is 23.1 Å². The van der Waals surface area contributed by atoms with Crippen LogP contribution < -0.4 is 0 Å². The molecule has 1 aliphatic carbocycles. The molecule has 28 heavy (non-hydrogen) atoms. The summed E-state index contributed by atoms with van der Waals surface area (Å²) in [4.78, 5) is 4.77. The van der Waals surface area contributed by atoms with Crippen molar-refractivity contribution in [2.75, 3.05) is 0 Å². The average Bonchev–Trinajstić information content (AvgIpc) is 3.31. The first-order chi connectivity index (χ1) is 13.8. The van der Waals surface area contributed by atoms with E-state index >= 15 is 0 Å². The van der Waals surface area contributed by atoms with Gasteiger partial charge in [0.25, 0.3) is 0 Å². The summed E-state index contributed by atoms with van der Waals surface area (Å²) in [7, 11) is 0. The minimum Gasteiger partial charge on any atom is -0.274 e. The molecule has 2 aromatic carbocycles. The fourth-order valence-corrected chi connectivity index (χ4v) is 5.17. The number of benzene rings is 2. The minimum absolute atomic E-state index is 0.535. The molecule has 0 amide bonds. The Morgan fingerprint density at radius 2 is 1.82 bits per heavy atom. The predicted octanol–water partition coefficient (Wildman–Crippen LogP) is 6.21. The highest BCUT2D eigenvalue weighted by molar-refractivity contribution is 7.98. The molecule has 0 bridgehead atoms. The van der Waals surface area contributed by atoms with Gasteiger partial charge in [-0.2, -0.15) is 0 Å². The SMILES string of the molecule is Clc1ccccc1-c1nc(CSc2nnc(C3CC3)n2-c2ccccc2)cs1. The summed E-state index contributed by atoms with van der Waals surface area (Å²) in [5.74, 6) is 2.35. The van der Waals surface area contributed by atoms with E-state index < -0.39 is 0 Å². The van der Waals surface area contributed by atoms with E-state index in [0.29, 0.717) is 5.92 Å². The van der Waals surface area contributed by atoms with Crippen LogP contribution >= 0.6 is 34.7 Å². The molecule has 1 fully saturated rings. The molecule has 0 N–H and O–H groups in total. The molecule has 0 saturated heterocycles. The zero-order chi connectivity index (χ0) is 18.9.